The van der Waals surface area contributed by atoms with Crippen LogP contribution in [0.25, 0.3) is 0 Å². The van der Waals surface area contributed by atoms with Crippen molar-refractivity contribution in [1.29, 1.82) is 0 Å². The molecule has 2 rings (SSSR count). The van der Waals surface area contributed by atoms with Gasteiger partial charge < -0.3 is 9.84 Å². The molecule has 22 heavy (non-hydrogen) atoms. The zero-order chi connectivity index (χ0) is 16.3. The number of aromatic nitrogens is 2. The van der Waals surface area contributed by atoms with Crippen molar-refractivity contribution >= 4 is 12.1 Å². The number of hydrogen-bond donors (Lipinski definition) is 2. The van der Waals surface area contributed by atoms with E-state index >= 15 is 0 Å². The molecule has 0 saturated heterocycles. The van der Waals surface area contributed by atoms with Crippen molar-refractivity contribution in [3.05, 3.63) is 30.1 Å². The number of carboxylic acid groups (broad SMARTS) is 1. The summed E-state index contributed by atoms with van der Waals surface area (Å²) in [6.45, 7) is 3.83. The van der Waals surface area contributed by atoms with Crippen LogP contribution in [0.5, 0.6) is 0 Å². The molecule has 9 heteroatoms. The monoisotopic (exact) mass is 310 g/mol. The second-order valence-electron chi connectivity index (χ2n) is 4.74. The summed E-state index contributed by atoms with van der Waals surface area (Å²) in [5, 5.41) is 13.5. The summed E-state index contributed by atoms with van der Waals surface area (Å²) in [5.74, 6) is -0.655. The summed E-state index contributed by atoms with van der Waals surface area (Å²) in [4.78, 5) is 29.7. The molecule has 9 nitrogen and oxygen atoms in total. The Labute approximate surface area is 127 Å². The molecule has 0 aliphatic carbocycles. The van der Waals surface area contributed by atoms with E-state index in [1.807, 2.05) is 0 Å². The fourth-order valence-corrected chi connectivity index (χ4v) is 2.46. The maximum absolute atomic E-state index is 12.0. The largest absolute Gasteiger partial charge is 0.467 e. The molecule has 0 spiro atoms. The van der Waals surface area contributed by atoms with Gasteiger partial charge in [-0.3, -0.25) is 14.4 Å². The zero-order valence-electron chi connectivity index (χ0n) is 12.4. The first-order valence-corrected chi connectivity index (χ1v) is 6.58. The molecule has 1 aromatic rings. The van der Waals surface area contributed by atoms with Crippen LogP contribution in [0.1, 0.15) is 23.3 Å². The van der Waals surface area contributed by atoms with E-state index in [0.717, 1.165) is 4.90 Å². The van der Waals surface area contributed by atoms with E-state index in [2.05, 4.69) is 17.2 Å². The molecule has 1 amide bonds. The summed E-state index contributed by atoms with van der Waals surface area (Å²) in [7, 11) is 2.86. The summed E-state index contributed by atoms with van der Waals surface area (Å²) in [5.41, 5.74) is 3.93. The van der Waals surface area contributed by atoms with Crippen molar-refractivity contribution in [2.45, 2.75) is 12.1 Å². The van der Waals surface area contributed by atoms with E-state index in [1.54, 1.807) is 19.3 Å². The lowest BCUT2D eigenvalue weighted by Crippen LogP contribution is -2.48. The third kappa shape index (κ3) is 2.81. The average molecular weight is 310 g/mol. The minimum atomic E-state index is -1.22. The molecule has 120 valence electrons. The van der Waals surface area contributed by atoms with Crippen LogP contribution < -0.4 is 5.48 Å². The number of methoxy groups -OCH3 is 1. The Balaban J connectivity index is 2.40. The number of nitrogens with one attached hydrogen (secondary N) is 1. The van der Waals surface area contributed by atoms with Crippen LogP contribution in [0.3, 0.4) is 0 Å². The van der Waals surface area contributed by atoms with Gasteiger partial charge in [-0.25, -0.2) is 9.59 Å². The van der Waals surface area contributed by atoms with Crippen LogP contribution in [0.2, 0.25) is 0 Å². The van der Waals surface area contributed by atoms with Crippen LogP contribution in [0, 0.1) is 0 Å². The first-order valence-electron chi connectivity index (χ1n) is 6.58. The fourth-order valence-electron chi connectivity index (χ4n) is 2.46. The minimum absolute atomic E-state index is 0.0327. The average Bonchev–Trinajstić information content (AvgIpc) is 2.88. The highest BCUT2D eigenvalue weighted by atomic mass is 16.6. The normalized spacial score (nSPS) is 20.4. The van der Waals surface area contributed by atoms with Gasteiger partial charge in [-0.05, 0) is 0 Å². The van der Waals surface area contributed by atoms with Crippen LogP contribution in [-0.2, 0) is 21.4 Å². The number of ether oxygens (including phenoxy) is 1. The number of fused-ring (bicyclic) bond motifs is 1. The molecule has 0 radical (unpaired) electrons. The second-order valence-corrected chi connectivity index (χ2v) is 4.74. The number of hydroxylamine groups is 1. The van der Waals surface area contributed by atoms with Crippen molar-refractivity contribution in [2.24, 2.45) is 7.05 Å². The van der Waals surface area contributed by atoms with E-state index in [9.17, 15) is 14.7 Å². The Morgan fingerprint density at radius 2 is 2.36 bits per heavy atom. The predicted molar refractivity (Wildman–Crippen MR) is 74.7 cm³/mol. The summed E-state index contributed by atoms with van der Waals surface area (Å²) < 4.78 is 6.20. The molecule has 0 bridgehead atoms. The summed E-state index contributed by atoms with van der Waals surface area (Å²) in [6.07, 6.45) is 1.92. The number of aryl methyl sites for hydroxylation is 1. The third-order valence-electron chi connectivity index (χ3n) is 3.44. The first kappa shape index (κ1) is 16.0. The highest BCUT2D eigenvalue weighted by Crippen LogP contribution is 2.35. The Bertz CT molecular complexity index is 585. The van der Waals surface area contributed by atoms with E-state index in [1.165, 1.54) is 11.8 Å². The standard InChI is InChI=1S/C13H18N4O5/c1-4-5-22-15-9-7-17(13(19)20)11(12(18)21-3)10-8(9)6-14-16(10)2/h4,6,9,11,15H,1,5,7H2,2-3H3,(H,19,20). The van der Waals surface area contributed by atoms with Gasteiger partial charge in [0.1, 0.15) is 0 Å². The molecular weight excluding hydrogens is 292 g/mol. The number of carbonyl (C=O) groups excluding carboxylic acids is 1. The van der Waals surface area contributed by atoms with E-state index in [0.29, 0.717) is 11.3 Å². The number of amides is 1. The highest BCUT2D eigenvalue weighted by molar-refractivity contribution is 5.83. The smallest absolute Gasteiger partial charge is 0.408 e. The number of esters is 1. The summed E-state index contributed by atoms with van der Waals surface area (Å²) in [6, 6.07) is -1.50. The quantitative estimate of drug-likeness (QED) is 0.350. The summed E-state index contributed by atoms with van der Waals surface area (Å²) >= 11 is 0. The molecular formula is C13H18N4O5. The number of rotatable bonds is 5. The van der Waals surface area contributed by atoms with E-state index < -0.39 is 24.1 Å². The molecule has 2 unspecified atom stereocenters. The molecule has 2 N–H and O–H groups in total. The molecule has 0 aromatic carbocycles. The van der Waals surface area contributed by atoms with Crippen molar-refractivity contribution < 1.29 is 24.3 Å². The molecule has 2 heterocycles. The van der Waals surface area contributed by atoms with Crippen LogP contribution in [-0.4, -0.2) is 52.1 Å². The van der Waals surface area contributed by atoms with Gasteiger partial charge in [0.25, 0.3) is 0 Å². The Hall–Kier alpha value is -2.39. The molecule has 0 saturated carbocycles. The molecule has 1 aliphatic heterocycles. The second kappa shape index (κ2) is 6.58. The Morgan fingerprint density at radius 3 is 2.95 bits per heavy atom. The van der Waals surface area contributed by atoms with Crippen molar-refractivity contribution in [3.8, 4) is 0 Å². The van der Waals surface area contributed by atoms with Crippen molar-refractivity contribution in [1.82, 2.24) is 20.2 Å². The van der Waals surface area contributed by atoms with Gasteiger partial charge in [-0.15, -0.1) is 6.58 Å². The van der Waals surface area contributed by atoms with Crippen LogP contribution >= 0.6 is 0 Å². The van der Waals surface area contributed by atoms with Gasteiger partial charge >= 0.3 is 12.1 Å². The van der Waals surface area contributed by atoms with E-state index in [-0.39, 0.29) is 13.2 Å². The fraction of sp³-hybridized carbons (Fsp3) is 0.462. The van der Waals surface area contributed by atoms with Gasteiger partial charge in [-0.2, -0.15) is 10.6 Å². The highest BCUT2D eigenvalue weighted by Gasteiger charge is 2.43. The van der Waals surface area contributed by atoms with Crippen LogP contribution in [0.15, 0.2) is 18.9 Å². The minimum Gasteiger partial charge on any atom is -0.467 e. The van der Waals surface area contributed by atoms with Gasteiger partial charge in [-0.1, -0.05) is 6.08 Å². The van der Waals surface area contributed by atoms with E-state index in [4.69, 9.17) is 9.57 Å². The van der Waals surface area contributed by atoms with Gasteiger partial charge in [0, 0.05) is 19.2 Å². The molecule has 1 aliphatic rings. The van der Waals surface area contributed by atoms with Gasteiger partial charge in [0.05, 0.1) is 31.6 Å². The lowest BCUT2D eigenvalue weighted by atomic mass is 9.96. The Kier molecular flexibility index (Phi) is 4.78. The number of carbonyl (C=O) groups is 2. The number of hydrogen-bond acceptors (Lipinski definition) is 6. The van der Waals surface area contributed by atoms with Crippen molar-refractivity contribution in [3.63, 3.8) is 0 Å². The molecule has 2 atom stereocenters. The maximum Gasteiger partial charge on any atom is 0.408 e. The zero-order valence-corrected chi connectivity index (χ0v) is 12.4. The predicted octanol–water partition coefficient (Wildman–Crippen LogP) is 0.376. The molecule has 1 aromatic heterocycles. The lowest BCUT2D eigenvalue weighted by Gasteiger charge is -2.36. The first-order chi connectivity index (χ1) is 10.5. The topological polar surface area (TPSA) is 106 Å². The third-order valence-corrected chi connectivity index (χ3v) is 3.44. The van der Waals surface area contributed by atoms with Crippen LogP contribution in [0.4, 0.5) is 4.79 Å². The lowest BCUT2D eigenvalue weighted by molar-refractivity contribution is -0.147. The van der Waals surface area contributed by atoms with Gasteiger partial charge in [0.2, 0.25) is 0 Å². The Morgan fingerprint density at radius 1 is 1.64 bits per heavy atom. The maximum atomic E-state index is 12.0. The number of nitrogens with zero attached hydrogens (tertiary/aromatic N) is 3. The molecule has 0 fully saturated rings. The SMILES string of the molecule is C=CCONC1CN(C(=O)O)C(C(=O)OC)c2c1cnn2C. The van der Waals surface area contributed by atoms with Crippen molar-refractivity contribution in [2.75, 3.05) is 20.3 Å². The van der Waals surface area contributed by atoms with Gasteiger partial charge in [0.15, 0.2) is 6.04 Å².